The van der Waals surface area contributed by atoms with E-state index in [1.54, 1.807) is 6.07 Å². The Kier molecular flexibility index (Phi) is 4.18. The number of aromatic amines is 1. The molecule has 0 amide bonds. The molecular weight excluding hydrogens is 344 g/mol. The van der Waals surface area contributed by atoms with Crippen molar-refractivity contribution in [2.24, 2.45) is 0 Å². The van der Waals surface area contributed by atoms with Gasteiger partial charge in [0.05, 0.1) is 18.8 Å². The zero-order valence-electron chi connectivity index (χ0n) is 13.5. The Hall–Kier alpha value is -3.13. The van der Waals surface area contributed by atoms with Crippen molar-refractivity contribution in [1.29, 1.82) is 0 Å². The zero-order valence-corrected chi connectivity index (χ0v) is 13.5. The summed E-state index contributed by atoms with van der Waals surface area (Å²) in [6.45, 7) is 0.989. The normalized spacial score (nSPS) is 13.9. The summed E-state index contributed by atoms with van der Waals surface area (Å²) in [5.74, 6) is -1.58. The first-order valence-electron chi connectivity index (χ1n) is 7.90. The maximum Gasteiger partial charge on any atom is 0.259 e. The average Bonchev–Trinajstić information content (AvgIpc) is 3.11. The Morgan fingerprint density at radius 3 is 2.88 bits per heavy atom. The smallest absolute Gasteiger partial charge is 0.259 e. The van der Waals surface area contributed by atoms with E-state index in [4.69, 9.17) is 9.26 Å². The van der Waals surface area contributed by atoms with Crippen molar-refractivity contribution in [3.63, 3.8) is 0 Å². The number of nitrogens with zero attached hydrogens (tertiary/aromatic N) is 2. The van der Waals surface area contributed by atoms with Crippen LogP contribution in [-0.2, 0) is 17.8 Å². The minimum Gasteiger partial charge on any atom is -0.376 e. The highest BCUT2D eigenvalue weighted by atomic mass is 19.2. The van der Waals surface area contributed by atoms with Crippen molar-refractivity contribution >= 4 is 12.2 Å². The highest BCUT2D eigenvalue weighted by Gasteiger charge is 2.17. The number of nitrogens with one attached hydrogen (secondary N) is 1. The van der Waals surface area contributed by atoms with Gasteiger partial charge < -0.3 is 14.2 Å². The van der Waals surface area contributed by atoms with Gasteiger partial charge in [-0.1, -0.05) is 11.2 Å². The van der Waals surface area contributed by atoms with Crippen LogP contribution in [0.15, 0.2) is 33.6 Å². The predicted octanol–water partition coefficient (Wildman–Crippen LogP) is 2.95. The molecule has 0 unspecified atom stereocenters. The zero-order chi connectivity index (χ0) is 18.1. The molecule has 0 spiro atoms. The fraction of sp³-hybridized carbons (Fsp3) is 0.167. The summed E-state index contributed by atoms with van der Waals surface area (Å²) >= 11 is 0. The number of pyridine rings is 1. The SMILES string of the molecule is O=c1[nH]c2c(cc1-c1noc(/C=C/c3ccc(F)c(F)c3)n1)COCC2. The standard InChI is InChI=1S/C18H13F2N3O3/c19-13-3-1-10(7-14(13)20)2-4-16-22-17(23-26-16)12-8-11-9-25-6-5-15(11)21-18(12)24/h1-4,7-8H,5-6,9H2,(H,21,24)/b4-2+. The van der Waals surface area contributed by atoms with E-state index in [0.717, 1.165) is 23.4 Å². The summed E-state index contributed by atoms with van der Waals surface area (Å²) in [5.41, 5.74) is 2.15. The quantitative estimate of drug-likeness (QED) is 0.779. The van der Waals surface area contributed by atoms with E-state index in [0.29, 0.717) is 25.2 Å². The van der Waals surface area contributed by atoms with Gasteiger partial charge in [0.15, 0.2) is 11.6 Å². The lowest BCUT2D eigenvalue weighted by molar-refractivity contribution is 0.109. The van der Waals surface area contributed by atoms with Gasteiger partial charge in [-0.05, 0) is 35.4 Å². The first kappa shape index (κ1) is 16.3. The number of hydrogen-bond acceptors (Lipinski definition) is 5. The van der Waals surface area contributed by atoms with Crippen molar-refractivity contribution in [2.75, 3.05) is 6.61 Å². The van der Waals surface area contributed by atoms with Crippen LogP contribution in [0.1, 0.15) is 22.7 Å². The molecule has 0 aliphatic carbocycles. The fourth-order valence-electron chi connectivity index (χ4n) is 2.68. The van der Waals surface area contributed by atoms with Crippen LogP contribution in [0.4, 0.5) is 8.78 Å². The predicted molar refractivity (Wildman–Crippen MR) is 89.0 cm³/mol. The number of rotatable bonds is 3. The van der Waals surface area contributed by atoms with Crippen molar-refractivity contribution in [3.05, 3.63) is 69.0 Å². The summed E-state index contributed by atoms with van der Waals surface area (Å²) in [5, 5.41) is 3.81. The van der Waals surface area contributed by atoms with E-state index in [9.17, 15) is 13.6 Å². The first-order chi connectivity index (χ1) is 12.6. The van der Waals surface area contributed by atoms with Crippen LogP contribution in [-0.4, -0.2) is 21.7 Å². The maximum absolute atomic E-state index is 13.2. The van der Waals surface area contributed by atoms with Crippen molar-refractivity contribution in [1.82, 2.24) is 15.1 Å². The molecule has 1 aliphatic heterocycles. The van der Waals surface area contributed by atoms with E-state index in [2.05, 4.69) is 15.1 Å². The van der Waals surface area contributed by atoms with Crippen LogP contribution in [0.25, 0.3) is 23.5 Å². The fourth-order valence-corrected chi connectivity index (χ4v) is 2.68. The lowest BCUT2D eigenvalue weighted by Gasteiger charge is -2.15. The van der Waals surface area contributed by atoms with Crippen LogP contribution in [0, 0.1) is 11.6 Å². The molecule has 0 atom stereocenters. The van der Waals surface area contributed by atoms with Gasteiger partial charge in [0.2, 0.25) is 5.82 Å². The number of aromatic nitrogens is 3. The van der Waals surface area contributed by atoms with Crippen LogP contribution in [0.3, 0.4) is 0 Å². The second-order valence-corrected chi connectivity index (χ2v) is 5.78. The Balaban J connectivity index is 1.61. The summed E-state index contributed by atoms with van der Waals surface area (Å²) < 4.78 is 36.6. The van der Waals surface area contributed by atoms with E-state index < -0.39 is 11.6 Å². The molecular formula is C18H13F2N3O3. The molecule has 2 aromatic heterocycles. The molecule has 132 valence electrons. The molecule has 3 heterocycles. The lowest BCUT2D eigenvalue weighted by Crippen LogP contribution is -2.19. The average molecular weight is 357 g/mol. The Labute approximate surface area is 146 Å². The number of H-pyrrole nitrogens is 1. The largest absolute Gasteiger partial charge is 0.376 e. The van der Waals surface area contributed by atoms with Crippen LogP contribution in [0.5, 0.6) is 0 Å². The second kappa shape index (κ2) is 6.64. The van der Waals surface area contributed by atoms with Gasteiger partial charge in [-0.3, -0.25) is 4.79 Å². The summed E-state index contributed by atoms with van der Waals surface area (Å²) in [7, 11) is 0. The Morgan fingerprint density at radius 1 is 1.15 bits per heavy atom. The van der Waals surface area contributed by atoms with E-state index in [1.165, 1.54) is 18.2 Å². The molecule has 0 saturated carbocycles. The molecule has 0 fully saturated rings. The van der Waals surface area contributed by atoms with E-state index >= 15 is 0 Å². The molecule has 1 aromatic carbocycles. The molecule has 0 saturated heterocycles. The molecule has 8 heteroatoms. The van der Waals surface area contributed by atoms with Gasteiger partial charge >= 0.3 is 0 Å². The highest BCUT2D eigenvalue weighted by molar-refractivity contribution is 5.67. The topological polar surface area (TPSA) is 81.0 Å². The number of fused-ring (bicyclic) bond motifs is 1. The summed E-state index contributed by atoms with van der Waals surface area (Å²) in [6.07, 6.45) is 3.61. The van der Waals surface area contributed by atoms with Crippen LogP contribution >= 0.6 is 0 Å². The van der Waals surface area contributed by atoms with E-state index in [-0.39, 0.29) is 22.8 Å². The van der Waals surface area contributed by atoms with Crippen molar-refractivity contribution in [2.45, 2.75) is 13.0 Å². The van der Waals surface area contributed by atoms with Gasteiger partial charge in [-0.15, -0.1) is 0 Å². The number of hydrogen-bond donors (Lipinski definition) is 1. The second-order valence-electron chi connectivity index (χ2n) is 5.78. The number of halogens is 2. The van der Waals surface area contributed by atoms with Gasteiger partial charge in [0.25, 0.3) is 11.4 Å². The highest BCUT2D eigenvalue weighted by Crippen LogP contribution is 2.19. The number of benzene rings is 1. The third-order valence-electron chi connectivity index (χ3n) is 4.01. The van der Waals surface area contributed by atoms with E-state index in [1.807, 2.05) is 0 Å². The molecule has 6 nitrogen and oxygen atoms in total. The molecule has 0 radical (unpaired) electrons. The van der Waals surface area contributed by atoms with Crippen LogP contribution < -0.4 is 5.56 Å². The number of ether oxygens (including phenoxy) is 1. The Bertz CT molecular complexity index is 1060. The summed E-state index contributed by atoms with van der Waals surface area (Å²) in [6, 6.07) is 5.20. The molecule has 0 bridgehead atoms. The first-order valence-corrected chi connectivity index (χ1v) is 7.90. The Morgan fingerprint density at radius 2 is 2.04 bits per heavy atom. The van der Waals surface area contributed by atoms with Gasteiger partial charge in [-0.2, -0.15) is 4.98 Å². The molecule has 3 aromatic rings. The lowest BCUT2D eigenvalue weighted by atomic mass is 10.1. The maximum atomic E-state index is 13.2. The van der Waals surface area contributed by atoms with Crippen molar-refractivity contribution in [3.8, 4) is 11.4 Å². The molecule has 1 N–H and O–H groups in total. The van der Waals surface area contributed by atoms with Crippen molar-refractivity contribution < 1.29 is 18.0 Å². The third kappa shape index (κ3) is 3.18. The minimum atomic E-state index is -0.943. The molecule has 4 rings (SSSR count). The van der Waals surface area contributed by atoms with Gasteiger partial charge in [0, 0.05) is 18.2 Å². The van der Waals surface area contributed by atoms with Gasteiger partial charge in [0.1, 0.15) is 0 Å². The summed E-state index contributed by atoms with van der Waals surface area (Å²) in [4.78, 5) is 19.2. The third-order valence-corrected chi connectivity index (χ3v) is 4.01. The molecule has 1 aliphatic rings. The molecule has 26 heavy (non-hydrogen) atoms. The van der Waals surface area contributed by atoms with Crippen LogP contribution in [0.2, 0.25) is 0 Å². The van der Waals surface area contributed by atoms with Gasteiger partial charge in [-0.25, -0.2) is 8.78 Å². The minimum absolute atomic E-state index is 0.137. The monoisotopic (exact) mass is 357 g/mol.